The quantitative estimate of drug-likeness (QED) is 0.340. The molecule has 32 heavy (non-hydrogen) atoms. The van der Waals surface area contributed by atoms with Crippen LogP contribution in [-0.2, 0) is 25.7 Å². The lowest BCUT2D eigenvalue weighted by molar-refractivity contribution is -0.138. The van der Waals surface area contributed by atoms with Gasteiger partial charge in [-0.15, -0.1) is 0 Å². The number of amides is 4. The van der Waals surface area contributed by atoms with Crippen molar-refractivity contribution in [2.75, 3.05) is 13.2 Å². The highest BCUT2D eigenvalue weighted by Gasteiger charge is 2.40. The largest absolute Gasteiger partial charge is 0.483 e. The summed E-state index contributed by atoms with van der Waals surface area (Å²) in [4.78, 5) is 60.3. The Hall–Kier alpha value is -3.43. The lowest BCUT2D eigenvalue weighted by atomic mass is 10.0. The Morgan fingerprint density at radius 3 is 2.69 bits per heavy atom. The van der Waals surface area contributed by atoms with Crippen LogP contribution in [0.4, 0.5) is 0 Å². The minimum atomic E-state index is -0.801. The van der Waals surface area contributed by atoms with Crippen LogP contribution in [0.2, 0.25) is 0 Å². The molecule has 1 saturated heterocycles. The van der Waals surface area contributed by atoms with Crippen molar-refractivity contribution < 1.29 is 33.8 Å². The molecule has 0 radical (unpaired) electrons. The third-order valence-corrected chi connectivity index (χ3v) is 5.54. The van der Waals surface area contributed by atoms with Crippen LogP contribution in [0.25, 0.3) is 0 Å². The van der Waals surface area contributed by atoms with Gasteiger partial charge in [0.05, 0.1) is 6.54 Å². The molecule has 3 rings (SSSR count). The van der Waals surface area contributed by atoms with Crippen LogP contribution in [0.1, 0.15) is 60.9 Å². The predicted octanol–water partition coefficient (Wildman–Crippen LogP) is 0.978. The highest BCUT2D eigenvalue weighted by atomic mass is 16.5. The zero-order valence-corrected chi connectivity index (χ0v) is 17.7. The highest BCUT2D eigenvalue weighted by molar-refractivity contribution is 6.05. The van der Waals surface area contributed by atoms with E-state index >= 15 is 0 Å². The van der Waals surface area contributed by atoms with Crippen LogP contribution >= 0.6 is 0 Å². The fraction of sp³-hybridized carbons (Fsp3) is 0.500. The molecule has 2 aliphatic heterocycles. The van der Waals surface area contributed by atoms with Gasteiger partial charge in [-0.25, -0.2) is 0 Å². The van der Waals surface area contributed by atoms with Gasteiger partial charge in [0.25, 0.3) is 11.8 Å². The smallest absolute Gasteiger partial charge is 0.303 e. The number of imide groups is 1. The average molecular weight is 445 g/mol. The van der Waals surface area contributed by atoms with Gasteiger partial charge >= 0.3 is 5.97 Å². The normalized spacial score (nSPS) is 17.7. The molecule has 10 nitrogen and oxygen atoms in total. The maximum atomic E-state index is 12.8. The van der Waals surface area contributed by atoms with Crippen molar-refractivity contribution in [3.05, 3.63) is 29.3 Å². The molecule has 1 atom stereocenters. The number of piperidine rings is 1. The van der Waals surface area contributed by atoms with E-state index < -0.39 is 17.9 Å². The Balaban J connectivity index is 1.47. The first-order chi connectivity index (χ1) is 15.4. The van der Waals surface area contributed by atoms with Crippen molar-refractivity contribution in [3.8, 4) is 5.75 Å². The number of nitrogens with zero attached hydrogens (tertiary/aromatic N) is 1. The van der Waals surface area contributed by atoms with Gasteiger partial charge in [-0.2, -0.15) is 0 Å². The fourth-order valence-electron chi connectivity index (χ4n) is 3.87. The molecule has 0 saturated carbocycles. The lowest BCUT2D eigenvalue weighted by Gasteiger charge is -2.29. The van der Waals surface area contributed by atoms with Gasteiger partial charge < -0.3 is 20.1 Å². The molecule has 10 heteroatoms. The Morgan fingerprint density at radius 1 is 1.16 bits per heavy atom. The monoisotopic (exact) mass is 445 g/mol. The Morgan fingerprint density at radius 2 is 1.94 bits per heavy atom. The number of carbonyl (C=O) groups is 5. The van der Waals surface area contributed by atoms with E-state index in [9.17, 15) is 24.0 Å². The Kier molecular flexibility index (Phi) is 7.80. The zero-order chi connectivity index (χ0) is 23.1. The van der Waals surface area contributed by atoms with Crippen LogP contribution < -0.4 is 15.4 Å². The highest BCUT2D eigenvalue weighted by Crippen LogP contribution is 2.33. The van der Waals surface area contributed by atoms with Gasteiger partial charge in [0.2, 0.25) is 11.8 Å². The Bertz CT molecular complexity index is 915. The van der Waals surface area contributed by atoms with Crippen molar-refractivity contribution in [2.24, 2.45) is 0 Å². The fourth-order valence-corrected chi connectivity index (χ4v) is 3.87. The summed E-state index contributed by atoms with van der Waals surface area (Å²) < 4.78 is 5.65. The summed E-state index contributed by atoms with van der Waals surface area (Å²) in [6.07, 6.45) is 3.62. The van der Waals surface area contributed by atoms with E-state index in [0.29, 0.717) is 29.8 Å². The van der Waals surface area contributed by atoms with Crippen molar-refractivity contribution in [3.63, 3.8) is 0 Å². The number of nitrogens with one attached hydrogen (secondary N) is 2. The number of aliphatic carboxylic acids is 1. The second kappa shape index (κ2) is 10.7. The first-order valence-corrected chi connectivity index (χ1v) is 10.7. The molecule has 2 aliphatic rings. The lowest BCUT2D eigenvalue weighted by Crippen LogP contribution is -2.52. The molecule has 2 heterocycles. The summed E-state index contributed by atoms with van der Waals surface area (Å²) in [5.41, 5.74) is 1.04. The minimum absolute atomic E-state index is 0.158. The summed E-state index contributed by atoms with van der Waals surface area (Å²) >= 11 is 0. The van der Waals surface area contributed by atoms with Crippen LogP contribution in [0.15, 0.2) is 18.2 Å². The Labute approximate surface area is 185 Å². The van der Waals surface area contributed by atoms with Gasteiger partial charge in [-0.3, -0.25) is 29.3 Å². The number of fused-ring (bicyclic) bond motifs is 1. The number of benzene rings is 1. The van der Waals surface area contributed by atoms with Crippen LogP contribution in [-0.4, -0.2) is 58.8 Å². The van der Waals surface area contributed by atoms with E-state index in [1.807, 2.05) is 0 Å². The zero-order valence-electron chi connectivity index (χ0n) is 17.7. The topological polar surface area (TPSA) is 142 Å². The summed E-state index contributed by atoms with van der Waals surface area (Å²) in [5, 5.41) is 13.6. The van der Waals surface area contributed by atoms with Gasteiger partial charge in [0.1, 0.15) is 11.8 Å². The molecule has 1 aromatic carbocycles. The molecule has 3 N–H and O–H groups in total. The second-order valence-electron chi connectivity index (χ2n) is 7.88. The van der Waals surface area contributed by atoms with Gasteiger partial charge in [-0.05, 0) is 31.4 Å². The van der Waals surface area contributed by atoms with E-state index in [1.54, 1.807) is 18.2 Å². The second-order valence-corrected chi connectivity index (χ2v) is 7.88. The summed E-state index contributed by atoms with van der Waals surface area (Å²) in [7, 11) is 0. The summed E-state index contributed by atoms with van der Waals surface area (Å²) in [5.74, 6) is -1.80. The molecule has 4 amide bonds. The van der Waals surface area contributed by atoms with Crippen molar-refractivity contribution >= 4 is 29.6 Å². The third kappa shape index (κ3) is 5.83. The molecule has 0 spiro atoms. The van der Waals surface area contributed by atoms with E-state index in [4.69, 9.17) is 9.84 Å². The SMILES string of the molecule is O=C(O)CCCCCCNC(=O)COc1cccc2c1CN(C1CCC(=O)NC1=O)C2=O. The van der Waals surface area contributed by atoms with E-state index in [0.717, 1.165) is 19.3 Å². The number of ether oxygens (including phenoxy) is 1. The molecule has 0 aliphatic carbocycles. The summed E-state index contributed by atoms with van der Waals surface area (Å²) in [6.45, 7) is 0.445. The minimum Gasteiger partial charge on any atom is -0.483 e. The summed E-state index contributed by atoms with van der Waals surface area (Å²) in [6, 6.07) is 4.28. The molecule has 0 bridgehead atoms. The molecule has 1 aromatic rings. The van der Waals surface area contributed by atoms with Crippen molar-refractivity contribution in [1.82, 2.24) is 15.5 Å². The van der Waals surface area contributed by atoms with Gasteiger partial charge in [0.15, 0.2) is 6.61 Å². The molecule has 1 fully saturated rings. The molecule has 172 valence electrons. The number of rotatable bonds is 11. The average Bonchev–Trinajstić information content (AvgIpc) is 3.08. The maximum Gasteiger partial charge on any atom is 0.303 e. The van der Waals surface area contributed by atoms with Gasteiger partial charge in [0, 0.05) is 30.5 Å². The molecule has 1 unspecified atom stereocenters. The van der Waals surface area contributed by atoms with Crippen molar-refractivity contribution in [1.29, 1.82) is 0 Å². The van der Waals surface area contributed by atoms with E-state index in [2.05, 4.69) is 10.6 Å². The van der Waals surface area contributed by atoms with E-state index in [1.165, 1.54) is 4.90 Å². The third-order valence-electron chi connectivity index (χ3n) is 5.54. The van der Waals surface area contributed by atoms with Crippen LogP contribution in [0.5, 0.6) is 5.75 Å². The molecule has 0 aromatic heterocycles. The van der Waals surface area contributed by atoms with Gasteiger partial charge in [-0.1, -0.05) is 18.9 Å². The maximum absolute atomic E-state index is 12.8. The van der Waals surface area contributed by atoms with Crippen LogP contribution in [0.3, 0.4) is 0 Å². The van der Waals surface area contributed by atoms with Crippen molar-refractivity contribution in [2.45, 2.75) is 57.5 Å². The van der Waals surface area contributed by atoms with Crippen LogP contribution in [0, 0.1) is 0 Å². The first-order valence-electron chi connectivity index (χ1n) is 10.7. The number of carboxylic acids is 1. The number of carbonyl (C=O) groups excluding carboxylic acids is 4. The standard InChI is InChI=1S/C22H27N3O7/c26-18-10-9-16(21(30)24-18)25-12-15-14(22(25)31)6-5-7-17(15)32-13-19(27)23-11-4-2-1-3-8-20(28)29/h5-7,16H,1-4,8-13H2,(H,23,27)(H,28,29)(H,24,26,30). The van der Waals surface area contributed by atoms with E-state index in [-0.39, 0.29) is 50.1 Å². The number of unbranched alkanes of at least 4 members (excludes halogenated alkanes) is 3. The molecular weight excluding hydrogens is 418 g/mol. The number of carboxylic acid groups (broad SMARTS) is 1. The number of hydrogen-bond acceptors (Lipinski definition) is 6. The first kappa shape index (κ1) is 23.2. The number of hydrogen-bond donors (Lipinski definition) is 3. The molecular formula is C22H27N3O7. The predicted molar refractivity (Wildman–Crippen MR) is 112 cm³/mol.